The summed E-state index contributed by atoms with van der Waals surface area (Å²) in [7, 11) is 1.48. The molecule has 0 saturated carbocycles. The Kier molecular flexibility index (Phi) is 7.75. The molecule has 0 fully saturated rings. The largest absolute Gasteiger partial charge is 0.493 e. The van der Waals surface area contributed by atoms with Crippen molar-refractivity contribution in [2.45, 2.75) is 32.0 Å². The molecule has 0 aromatic heterocycles. The number of alkyl halides is 3. The summed E-state index contributed by atoms with van der Waals surface area (Å²) in [6, 6.07) is 4.26. The standard InChI is InChI=1S/C13H18F3NO2.ClH/c1-3-19-11-5-4-9(8-12(11)18-2)10(17)6-7-13(14,15)16;/h4-5,8,10H,3,6-7,17H2,1-2H3;1H/t10-;/m0./s1. The van der Waals surface area contributed by atoms with Gasteiger partial charge in [-0.2, -0.15) is 13.2 Å². The van der Waals surface area contributed by atoms with E-state index >= 15 is 0 Å². The topological polar surface area (TPSA) is 44.5 Å². The second-order valence-corrected chi connectivity index (χ2v) is 4.10. The zero-order valence-corrected chi connectivity index (χ0v) is 12.2. The van der Waals surface area contributed by atoms with Crippen molar-refractivity contribution in [3.05, 3.63) is 23.8 Å². The zero-order chi connectivity index (χ0) is 14.5. The molecule has 0 aliphatic rings. The van der Waals surface area contributed by atoms with Gasteiger partial charge in [0.15, 0.2) is 11.5 Å². The average Bonchev–Trinajstić information content (AvgIpc) is 2.36. The first kappa shape index (κ1) is 18.9. The number of halogens is 4. The van der Waals surface area contributed by atoms with Gasteiger partial charge < -0.3 is 15.2 Å². The summed E-state index contributed by atoms with van der Waals surface area (Å²) in [6.45, 7) is 2.32. The van der Waals surface area contributed by atoms with Crippen LogP contribution in [0.3, 0.4) is 0 Å². The molecule has 0 aliphatic heterocycles. The van der Waals surface area contributed by atoms with Gasteiger partial charge in [0.25, 0.3) is 0 Å². The fourth-order valence-corrected chi connectivity index (χ4v) is 1.68. The lowest BCUT2D eigenvalue weighted by Crippen LogP contribution is -2.15. The molecule has 2 N–H and O–H groups in total. The van der Waals surface area contributed by atoms with Crippen LogP contribution in [0.4, 0.5) is 13.2 Å². The van der Waals surface area contributed by atoms with E-state index < -0.39 is 18.6 Å². The molecule has 0 radical (unpaired) electrons. The van der Waals surface area contributed by atoms with Crippen molar-refractivity contribution in [1.82, 2.24) is 0 Å². The van der Waals surface area contributed by atoms with Gasteiger partial charge in [-0.05, 0) is 31.0 Å². The van der Waals surface area contributed by atoms with E-state index in [0.29, 0.717) is 23.7 Å². The maximum absolute atomic E-state index is 12.1. The van der Waals surface area contributed by atoms with Crippen LogP contribution in [-0.4, -0.2) is 19.9 Å². The molecule has 0 saturated heterocycles. The highest BCUT2D eigenvalue weighted by Crippen LogP contribution is 2.32. The Hall–Kier alpha value is -1.14. The minimum absolute atomic E-state index is 0. The fraction of sp³-hybridized carbons (Fsp3) is 0.538. The third-order valence-corrected chi connectivity index (χ3v) is 2.65. The van der Waals surface area contributed by atoms with Gasteiger partial charge in [-0.1, -0.05) is 6.07 Å². The first-order valence-electron chi connectivity index (χ1n) is 6.00. The summed E-state index contributed by atoms with van der Waals surface area (Å²) in [4.78, 5) is 0. The molecule has 0 amide bonds. The highest BCUT2D eigenvalue weighted by Gasteiger charge is 2.28. The van der Waals surface area contributed by atoms with Crippen LogP contribution in [0.5, 0.6) is 11.5 Å². The van der Waals surface area contributed by atoms with Crippen LogP contribution in [0.1, 0.15) is 31.4 Å². The van der Waals surface area contributed by atoms with Gasteiger partial charge in [0.2, 0.25) is 0 Å². The summed E-state index contributed by atoms with van der Waals surface area (Å²) in [5.74, 6) is 1.03. The molecule has 1 aromatic rings. The van der Waals surface area contributed by atoms with E-state index in [1.165, 1.54) is 7.11 Å². The third kappa shape index (κ3) is 5.88. The predicted octanol–water partition coefficient (Wildman–Crippen LogP) is 3.86. The number of hydrogen-bond acceptors (Lipinski definition) is 3. The van der Waals surface area contributed by atoms with E-state index in [2.05, 4.69) is 0 Å². The molecule has 0 aliphatic carbocycles. The first-order valence-corrected chi connectivity index (χ1v) is 6.00. The molecular formula is C13H19ClF3NO2. The third-order valence-electron chi connectivity index (χ3n) is 2.65. The molecule has 0 heterocycles. The van der Waals surface area contributed by atoms with Crippen molar-refractivity contribution in [3.8, 4) is 11.5 Å². The highest BCUT2D eigenvalue weighted by molar-refractivity contribution is 5.85. The SMILES string of the molecule is CCOc1ccc([C@@H](N)CCC(F)(F)F)cc1OC.Cl. The maximum atomic E-state index is 12.1. The monoisotopic (exact) mass is 313 g/mol. The Balaban J connectivity index is 0.00000361. The number of ether oxygens (including phenoxy) is 2. The van der Waals surface area contributed by atoms with E-state index in [1.54, 1.807) is 18.2 Å². The van der Waals surface area contributed by atoms with E-state index in [1.807, 2.05) is 6.92 Å². The number of rotatable bonds is 6. The van der Waals surface area contributed by atoms with Crippen LogP contribution in [0.2, 0.25) is 0 Å². The zero-order valence-electron chi connectivity index (χ0n) is 11.4. The van der Waals surface area contributed by atoms with E-state index in [0.717, 1.165) is 0 Å². The van der Waals surface area contributed by atoms with Gasteiger partial charge in [-0.15, -0.1) is 12.4 Å². The smallest absolute Gasteiger partial charge is 0.389 e. The van der Waals surface area contributed by atoms with Crippen LogP contribution in [0, 0.1) is 0 Å². The van der Waals surface area contributed by atoms with Crippen molar-refractivity contribution in [2.24, 2.45) is 5.73 Å². The summed E-state index contributed by atoms with van der Waals surface area (Å²) >= 11 is 0. The fourth-order valence-electron chi connectivity index (χ4n) is 1.68. The van der Waals surface area contributed by atoms with Crippen molar-refractivity contribution >= 4 is 12.4 Å². The van der Waals surface area contributed by atoms with Gasteiger partial charge in [-0.25, -0.2) is 0 Å². The molecule has 1 rings (SSSR count). The normalized spacial score (nSPS) is 12.5. The molecule has 20 heavy (non-hydrogen) atoms. The molecule has 1 aromatic carbocycles. The van der Waals surface area contributed by atoms with E-state index in [4.69, 9.17) is 15.2 Å². The molecule has 0 spiro atoms. The van der Waals surface area contributed by atoms with Crippen molar-refractivity contribution < 1.29 is 22.6 Å². The van der Waals surface area contributed by atoms with Crippen LogP contribution in [-0.2, 0) is 0 Å². The molecule has 7 heteroatoms. The predicted molar refractivity (Wildman–Crippen MR) is 73.6 cm³/mol. The van der Waals surface area contributed by atoms with Gasteiger partial charge in [0, 0.05) is 12.5 Å². The molecule has 116 valence electrons. The van der Waals surface area contributed by atoms with E-state index in [9.17, 15) is 13.2 Å². The van der Waals surface area contributed by atoms with Gasteiger partial charge in [0.05, 0.1) is 13.7 Å². The second kappa shape index (κ2) is 8.21. The average molecular weight is 314 g/mol. The Labute approximate surface area is 122 Å². The molecule has 1 atom stereocenters. The van der Waals surface area contributed by atoms with Crippen LogP contribution in [0.15, 0.2) is 18.2 Å². The summed E-state index contributed by atoms with van der Waals surface area (Å²) in [5.41, 5.74) is 6.35. The number of benzene rings is 1. The summed E-state index contributed by atoms with van der Waals surface area (Å²) in [5, 5.41) is 0. The van der Waals surface area contributed by atoms with Crippen molar-refractivity contribution in [3.63, 3.8) is 0 Å². The number of methoxy groups -OCH3 is 1. The van der Waals surface area contributed by atoms with Crippen LogP contribution in [0.25, 0.3) is 0 Å². The Morgan fingerprint density at radius 3 is 2.40 bits per heavy atom. The molecule has 3 nitrogen and oxygen atoms in total. The Morgan fingerprint density at radius 1 is 1.25 bits per heavy atom. The minimum Gasteiger partial charge on any atom is -0.493 e. The van der Waals surface area contributed by atoms with Crippen molar-refractivity contribution in [1.29, 1.82) is 0 Å². The molecule has 0 unspecified atom stereocenters. The molecule has 0 bridgehead atoms. The summed E-state index contributed by atoms with van der Waals surface area (Å²) in [6.07, 6.45) is -5.24. The number of hydrogen-bond donors (Lipinski definition) is 1. The number of nitrogens with two attached hydrogens (primary N) is 1. The highest BCUT2D eigenvalue weighted by atomic mass is 35.5. The summed E-state index contributed by atoms with van der Waals surface area (Å²) < 4.78 is 46.9. The lowest BCUT2D eigenvalue weighted by molar-refractivity contribution is -0.136. The minimum atomic E-state index is -4.19. The van der Waals surface area contributed by atoms with E-state index in [-0.39, 0.29) is 18.8 Å². The molecular weight excluding hydrogens is 295 g/mol. The van der Waals surface area contributed by atoms with Crippen LogP contribution < -0.4 is 15.2 Å². The van der Waals surface area contributed by atoms with Crippen LogP contribution >= 0.6 is 12.4 Å². The Morgan fingerprint density at radius 2 is 1.90 bits per heavy atom. The quantitative estimate of drug-likeness (QED) is 0.867. The van der Waals surface area contributed by atoms with Gasteiger partial charge >= 0.3 is 6.18 Å². The lowest BCUT2D eigenvalue weighted by atomic mass is 10.0. The first-order chi connectivity index (χ1) is 8.87. The second-order valence-electron chi connectivity index (χ2n) is 4.10. The van der Waals surface area contributed by atoms with Gasteiger partial charge in [-0.3, -0.25) is 0 Å². The lowest BCUT2D eigenvalue weighted by Gasteiger charge is -2.16. The Bertz CT molecular complexity index is 413. The van der Waals surface area contributed by atoms with Gasteiger partial charge in [0.1, 0.15) is 0 Å². The maximum Gasteiger partial charge on any atom is 0.389 e. The van der Waals surface area contributed by atoms with Crippen molar-refractivity contribution in [2.75, 3.05) is 13.7 Å².